The fraction of sp³-hybridized carbons (Fsp3) is 0.355. The Balaban J connectivity index is 1.74. The number of nitrogens with zero attached hydrogens (tertiary/aromatic N) is 2. The third kappa shape index (κ3) is 7.73. The zero-order chi connectivity index (χ0) is 28.7. The molecule has 1 atom stereocenters. The molecule has 7 nitrogen and oxygen atoms in total. The van der Waals surface area contributed by atoms with Crippen molar-refractivity contribution in [1.29, 1.82) is 0 Å². The van der Waals surface area contributed by atoms with E-state index in [4.69, 9.17) is 0 Å². The highest BCUT2D eigenvalue weighted by Gasteiger charge is 2.34. The highest BCUT2D eigenvalue weighted by atomic mass is 79.9. The van der Waals surface area contributed by atoms with Crippen molar-refractivity contribution in [1.82, 2.24) is 10.2 Å². The lowest BCUT2D eigenvalue weighted by Gasteiger charge is -2.34. The van der Waals surface area contributed by atoms with E-state index in [9.17, 15) is 18.0 Å². The lowest BCUT2D eigenvalue weighted by molar-refractivity contribution is -0.140. The van der Waals surface area contributed by atoms with Gasteiger partial charge in [0, 0.05) is 23.5 Å². The van der Waals surface area contributed by atoms with E-state index in [-0.39, 0.29) is 18.5 Å². The van der Waals surface area contributed by atoms with Crippen LogP contribution in [0, 0.1) is 6.92 Å². The van der Waals surface area contributed by atoms with Gasteiger partial charge in [-0.2, -0.15) is 0 Å². The summed E-state index contributed by atoms with van der Waals surface area (Å²) in [5, 5.41) is 3.19. The van der Waals surface area contributed by atoms with Gasteiger partial charge in [-0.1, -0.05) is 79.6 Å². The summed E-state index contributed by atoms with van der Waals surface area (Å²) in [6.45, 7) is 1.71. The Hall–Kier alpha value is -3.17. The average molecular weight is 627 g/mol. The molecule has 0 aromatic heterocycles. The van der Waals surface area contributed by atoms with E-state index in [0.717, 1.165) is 52.9 Å². The number of para-hydroxylation sites is 1. The molecule has 1 aliphatic carbocycles. The number of hydrogen-bond donors (Lipinski definition) is 1. The number of aryl methyl sites for hydroxylation is 1. The van der Waals surface area contributed by atoms with Gasteiger partial charge in [-0.05, 0) is 64.5 Å². The van der Waals surface area contributed by atoms with Crippen LogP contribution in [0.15, 0.2) is 83.3 Å². The van der Waals surface area contributed by atoms with Gasteiger partial charge in [-0.25, -0.2) is 8.42 Å². The summed E-state index contributed by atoms with van der Waals surface area (Å²) in [6.07, 6.45) is 5.36. The molecule has 3 aromatic carbocycles. The number of amides is 2. The van der Waals surface area contributed by atoms with Gasteiger partial charge in [0.05, 0.1) is 11.9 Å². The molecule has 4 rings (SSSR count). The van der Waals surface area contributed by atoms with Crippen LogP contribution < -0.4 is 9.62 Å². The summed E-state index contributed by atoms with van der Waals surface area (Å²) in [5.74, 6) is -0.670. The maximum atomic E-state index is 14.2. The van der Waals surface area contributed by atoms with Gasteiger partial charge in [0.2, 0.25) is 21.8 Å². The maximum Gasteiger partial charge on any atom is 0.244 e. The second-order valence-electron chi connectivity index (χ2n) is 10.4. The van der Waals surface area contributed by atoms with Gasteiger partial charge in [-0.15, -0.1) is 0 Å². The van der Waals surface area contributed by atoms with Crippen molar-refractivity contribution in [3.05, 3.63) is 100 Å². The van der Waals surface area contributed by atoms with Crippen LogP contribution in [0.4, 0.5) is 5.69 Å². The average Bonchev–Trinajstić information content (AvgIpc) is 3.43. The highest BCUT2D eigenvalue weighted by Crippen LogP contribution is 2.28. The summed E-state index contributed by atoms with van der Waals surface area (Å²) in [5.41, 5.74) is 3.17. The number of rotatable bonds is 11. The molecule has 0 bridgehead atoms. The molecule has 0 unspecified atom stereocenters. The Morgan fingerprint density at radius 2 is 1.57 bits per heavy atom. The molecule has 212 valence electrons. The van der Waals surface area contributed by atoms with Crippen LogP contribution in [0.1, 0.15) is 42.4 Å². The van der Waals surface area contributed by atoms with E-state index in [1.807, 2.05) is 61.5 Å². The molecule has 9 heteroatoms. The largest absolute Gasteiger partial charge is 0.352 e. The molecule has 40 heavy (non-hydrogen) atoms. The van der Waals surface area contributed by atoms with Crippen LogP contribution in [0.25, 0.3) is 0 Å². The van der Waals surface area contributed by atoms with Gasteiger partial charge in [-0.3, -0.25) is 13.9 Å². The number of hydrogen-bond acceptors (Lipinski definition) is 4. The summed E-state index contributed by atoms with van der Waals surface area (Å²) in [6, 6.07) is 23.5. The SMILES string of the molecule is Cc1ccccc1CN(C(=O)CN(c1ccccc1Br)S(C)(=O)=O)[C@H](Cc1ccccc1)C(=O)NC1CCCC1. The molecular formula is C31H36BrN3O4S. The smallest absolute Gasteiger partial charge is 0.244 e. The zero-order valence-electron chi connectivity index (χ0n) is 22.9. The van der Waals surface area contributed by atoms with E-state index < -0.39 is 28.5 Å². The standard InChI is InChI=1S/C31H36BrN3O4S/c1-23-12-6-7-15-25(23)21-34(30(36)22-35(40(2,38)39)28-19-11-10-18-27(28)32)29(20-24-13-4-3-5-14-24)31(37)33-26-16-8-9-17-26/h3-7,10-15,18-19,26,29H,8-9,16-17,20-22H2,1-2H3,(H,33,37)/t29-/m1/s1. The molecule has 1 fully saturated rings. The fourth-order valence-corrected chi connectivity index (χ4v) is 6.62. The first-order chi connectivity index (χ1) is 19.1. The molecule has 1 N–H and O–H groups in total. The number of halogens is 1. The lowest BCUT2D eigenvalue weighted by atomic mass is 10.0. The number of sulfonamides is 1. The highest BCUT2D eigenvalue weighted by molar-refractivity contribution is 9.10. The van der Waals surface area contributed by atoms with Crippen LogP contribution in [0.2, 0.25) is 0 Å². The van der Waals surface area contributed by atoms with Crippen LogP contribution in [0.3, 0.4) is 0 Å². The minimum absolute atomic E-state index is 0.0778. The normalized spacial score (nSPS) is 14.5. The first-order valence-electron chi connectivity index (χ1n) is 13.5. The third-order valence-electron chi connectivity index (χ3n) is 7.37. The number of carbonyl (C=O) groups excluding carboxylic acids is 2. The topological polar surface area (TPSA) is 86.8 Å². The molecule has 0 saturated heterocycles. The van der Waals surface area contributed by atoms with Crippen molar-refractivity contribution in [2.24, 2.45) is 0 Å². The number of benzene rings is 3. The van der Waals surface area contributed by atoms with E-state index in [1.54, 1.807) is 29.2 Å². The predicted octanol–water partition coefficient (Wildman–Crippen LogP) is 5.22. The Morgan fingerprint density at radius 1 is 0.950 bits per heavy atom. The molecule has 1 saturated carbocycles. The van der Waals surface area contributed by atoms with Gasteiger partial charge in [0.25, 0.3) is 0 Å². The fourth-order valence-electron chi connectivity index (χ4n) is 5.14. The zero-order valence-corrected chi connectivity index (χ0v) is 25.3. The molecule has 0 spiro atoms. The summed E-state index contributed by atoms with van der Waals surface area (Å²) >= 11 is 3.43. The van der Waals surface area contributed by atoms with E-state index in [0.29, 0.717) is 16.6 Å². The first kappa shape index (κ1) is 29.8. The van der Waals surface area contributed by atoms with Crippen molar-refractivity contribution in [2.75, 3.05) is 17.1 Å². The Morgan fingerprint density at radius 3 is 2.23 bits per heavy atom. The minimum Gasteiger partial charge on any atom is -0.352 e. The van der Waals surface area contributed by atoms with E-state index in [2.05, 4.69) is 21.2 Å². The second kappa shape index (κ2) is 13.5. The van der Waals surface area contributed by atoms with Crippen LogP contribution in [0.5, 0.6) is 0 Å². The molecule has 0 aliphatic heterocycles. The number of anilines is 1. The molecule has 0 heterocycles. The molecular weight excluding hydrogens is 590 g/mol. The van der Waals surface area contributed by atoms with E-state index >= 15 is 0 Å². The Kier molecular flexibility index (Phi) is 10.0. The second-order valence-corrected chi connectivity index (χ2v) is 13.1. The summed E-state index contributed by atoms with van der Waals surface area (Å²) in [4.78, 5) is 29.6. The number of nitrogens with one attached hydrogen (secondary N) is 1. The van der Waals surface area contributed by atoms with Gasteiger partial charge in [0.1, 0.15) is 12.6 Å². The summed E-state index contributed by atoms with van der Waals surface area (Å²) in [7, 11) is -3.82. The molecule has 3 aromatic rings. The minimum atomic E-state index is -3.82. The van der Waals surface area contributed by atoms with Gasteiger partial charge >= 0.3 is 0 Å². The van der Waals surface area contributed by atoms with Crippen LogP contribution in [-0.2, 0) is 32.6 Å². The molecule has 2 amide bonds. The lowest BCUT2D eigenvalue weighted by Crippen LogP contribution is -2.54. The monoisotopic (exact) mass is 625 g/mol. The van der Waals surface area contributed by atoms with Crippen LogP contribution in [-0.4, -0.2) is 50.0 Å². The first-order valence-corrected chi connectivity index (χ1v) is 16.2. The van der Waals surface area contributed by atoms with Crippen LogP contribution >= 0.6 is 15.9 Å². The third-order valence-corrected chi connectivity index (χ3v) is 9.17. The van der Waals surface area contributed by atoms with Crippen molar-refractivity contribution >= 4 is 43.5 Å². The van der Waals surface area contributed by atoms with Crippen molar-refractivity contribution in [3.63, 3.8) is 0 Å². The quantitative estimate of drug-likeness (QED) is 0.316. The maximum absolute atomic E-state index is 14.2. The Labute approximate surface area is 245 Å². The van der Waals surface area contributed by atoms with E-state index in [1.165, 1.54) is 0 Å². The van der Waals surface area contributed by atoms with Crippen molar-refractivity contribution < 1.29 is 18.0 Å². The predicted molar refractivity (Wildman–Crippen MR) is 162 cm³/mol. The molecule has 0 radical (unpaired) electrons. The van der Waals surface area contributed by atoms with Gasteiger partial charge < -0.3 is 10.2 Å². The number of carbonyl (C=O) groups is 2. The van der Waals surface area contributed by atoms with Crippen molar-refractivity contribution in [2.45, 2.75) is 57.7 Å². The summed E-state index contributed by atoms with van der Waals surface area (Å²) < 4.78 is 27.5. The van der Waals surface area contributed by atoms with Gasteiger partial charge in [0.15, 0.2) is 0 Å². The molecule has 1 aliphatic rings. The van der Waals surface area contributed by atoms with Crippen molar-refractivity contribution in [3.8, 4) is 0 Å². The Bertz CT molecular complexity index is 1430.